The second-order valence-corrected chi connectivity index (χ2v) is 5.23. The van der Waals surface area contributed by atoms with E-state index in [1.807, 2.05) is 11.3 Å². The molecule has 0 saturated carbocycles. The molecular formula is C14H16S. The van der Waals surface area contributed by atoms with Crippen molar-refractivity contribution in [1.29, 1.82) is 0 Å². The second-order valence-electron chi connectivity index (χ2n) is 4.14. The molecule has 1 aromatic carbocycles. The van der Waals surface area contributed by atoms with Crippen LogP contribution in [0.3, 0.4) is 0 Å². The summed E-state index contributed by atoms with van der Waals surface area (Å²) in [5, 5.41) is 2.29. The summed E-state index contributed by atoms with van der Waals surface area (Å²) in [5.41, 5.74) is 4.26. The van der Waals surface area contributed by atoms with Gasteiger partial charge in [0.05, 0.1) is 0 Å². The number of hydrogen-bond acceptors (Lipinski definition) is 1. The number of hydrogen-bond donors (Lipinski definition) is 0. The van der Waals surface area contributed by atoms with Crippen molar-refractivity contribution in [3.8, 4) is 11.1 Å². The minimum absolute atomic E-state index is 0.602. The maximum absolute atomic E-state index is 2.29. The van der Waals surface area contributed by atoms with E-state index in [0.717, 1.165) is 0 Å². The van der Waals surface area contributed by atoms with Gasteiger partial charge in [-0.3, -0.25) is 0 Å². The van der Waals surface area contributed by atoms with Gasteiger partial charge in [-0.15, -0.1) is 11.3 Å². The maximum Gasteiger partial charge on any atom is 0.00955 e. The summed E-state index contributed by atoms with van der Waals surface area (Å²) >= 11 is 1.85. The minimum atomic E-state index is 0.602. The Morgan fingerprint density at radius 2 is 1.73 bits per heavy atom. The third kappa shape index (κ3) is 1.98. The Bertz CT molecular complexity index is 438. The molecule has 0 nitrogen and oxygen atoms in total. The summed E-state index contributed by atoms with van der Waals surface area (Å²) in [6, 6.07) is 10.7. The predicted molar refractivity (Wildman–Crippen MR) is 68.6 cm³/mol. The smallest absolute Gasteiger partial charge is 0.00955 e. The number of thiophene rings is 1. The van der Waals surface area contributed by atoms with Gasteiger partial charge in [0.1, 0.15) is 0 Å². The monoisotopic (exact) mass is 216 g/mol. The van der Waals surface area contributed by atoms with Crippen LogP contribution in [0, 0.1) is 6.92 Å². The van der Waals surface area contributed by atoms with Gasteiger partial charge in [0, 0.05) is 4.88 Å². The lowest BCUT2D eigenvalue weighted by atomic mass is 9.95. The van der Waals surface area contributed by atoms with Gasteiger partial charge in [0.2, 0.25) is 0 Å². The molecule has 0 spiro atoms. The highest BCUT2D eigenvalue weighted by Crippen LogP contribution is 2.36. The minimum Gasteiger partial charge on any atom is -0.148 e. The van der Waals surface area contributed by atoms with Gasteiger partial charge in [0.15, 0.2) is 0 Å². The fourth-order valence-electron chi connectivity index (χ4n) is 1.87. The molecule has 0 fully saturated rings. The lowest BCUT2D eigenvalue weighted by Crippen LogP contribution is -1.88. The van der Waals surface area contributed by atoms with Gasteiger partial charge in [0.25, 0.3) is 0 Å². The summed E-state index contributed by atoms with van der Waals surface area (Å²) in [5.74, 6) is 0.602. The van der Waals surface area contributed by atoms with Gasteiger partial charge in [-0.25, -0.2) is 0 Å². The van der Waals surface area contributed by atoms with Gasteiger partial charge in [-0.05, 0) is 34.9 Å². The van der Waals surface area contributed by atoms with Crippen LogP contribution < -0.4 is 0 Å². The van der Waals surface area contributed by atoms with Crippen LogP contribution in [-0.2, 0) is 0 Å². The Morgan fingerprint density at radius 1 is 1.07 bits per heavy atom. The molecule has 15 heavy (non-hydrogen) atoms. The lowest BCUT2D eigenvalue weighted by Gasteiger charge is -2.08. The van der Waals surface area contributed by atoms with Crippen molar-refractivity contribution in [2.45, 2.75) is 26.7 Å². The highest BCUT2D eigenvalue weighted by atomic mass is 32.1. The molecule has 0 aliphatic carbocycles. The van der Waals surface area contributed by atoms with Crippen LogP contribution in [0.5, 0.6) is 0 Å². The van der Waals surface area contributed by atoms with Crippen molar-refractivity contribution in [3.05, 3.63) is 46.2 Å². The van der Waals surface area contributed by atoms with Crippen LogP contribution in [0.4, 0.5) is 0 Å². The first kappa shape index (κ1) is 10.4. The zero-order valence-electron chi connectivity index (χ0n) is 9.45. The largest absolute Gasteiger partial charge is 0.148 e. The van der Waals surface area contributed by atoms with Crippen molar-refractivity contribution in [1.82, 2.24) is 0 Å². The SMILES string of the molecule is Cc1scc(C(C)C)c1-c1ccccc1. The molecule has 0 saturated heterocycles. The van der Waals surface area contributed by atoms with E-state index in [2.05, 4.69) is 56.5 Å². The zero-order chi connectivity index (χ0) is 10.8. The Hall–Kier alpha value is -1.08. The van der Waals surface area contributed by atoms with Crippen LogP contribution in [-0.4, -0.2) is 0 Å². The van der Waals surface area contributed by atoms with Crippen LogP contribution in [0.2, 0.25) is 0 Å². The summed E-state index contributed by atoms with van der Waals surface area (Å²) in [7, 11) is 0. The van der Waals surface area contributed by atoms with Crippen LogP contribution >= 0.6 is 11.3 Å². The van der Waals surface area contributed by atoms with Crippen molar-refractivity contribution < 1.29 is 0 Å². The Labute approximate surface area is 95.6 Å². The molecule has 1 heterocycles. The standard InChI is InChI=1S/C14H16S/c1-10(2)13-9-15-11(3)14(13)12-7-5-4-6-8-12/h4-10H,1-3H3. The molecule has 2 aromatic rings. The van der Waals surface area contributed by atoms with E-state index in [9.17, 15) is 0 Å². The van der Waals surface area contributed by atoms with E-state index < -0.39 is 0 Å². The molecule has 78 valence electrons. The first-order chi connectivity index (χ1) is 7.20. The molecule has 0 unspecified atom stereocenters. The van der Waals surface area contributed by atoms with Gasteiger partial charge in [-0.1, -0.05) is 44.2 Å². The quantitative estimate of drug-likeness (QED) is 0.673. The fraction of sp³-hybridized carbons (Fsp3) is 0.286. The lowest BCUT2D eigenvalue weighted by molar-refractivity contribution is 0.873. The van der Waals surface area contributed by atoms with E-state index in [4.69, 9.17) is 0 Å². The average Bonchev–Trinajstić information content (AvgIpc) is 2.61. The Morgan fingerprint density at radius 3 is 2.33 bits per heavy atom. The van der Waals surface area contributed by atoms with Crippen molar-refractivity contribution in [2.75, 3.05) is 0 Å². The van der Waals surface area contributed by atoms with Crippen molar-refractivity contribution >= 4 is 11.3 Å². The zero-order valence-corrected chi connectivity index (χ0v) is 10.3. The van der Waals surface area contributed by atoms with E-state index in [-0.39, 0.29) is 0 Å². The van der Waals surface area contributed by atoms with Crippen LogP contribution in [0.1, 0.15) is 30.2 Å². The molecule has 1 aromatic heterocycles. The van der Waals surface area contributed by atoms with E-state index >= 15 is 0 Å². The van der Waals surface area contributed by atoms with Gasteiger partial charge in [-0.2, -0.15) is 0 Å². The van der Waals surface area contributed by atoms with E-state index in [0.29, 0.717) is 5.92 Å². The van der Waals surface area contributed by atoms with Gasteiger partial charge < -0.3 is 0 Å². The molecule has 1 heteroatoms. The Balaban J connectivity index is 2.57. The molecule has 0 amide bonds. The third-order valence-electron chi connectivity index (χ3n) is 2.69. The molecule has 0 radical (unpaired) electrons. The molecule has 2 rings (SSSR count). The first-order valence-electron chi connectivity index (χ1n) is 5.33. The molecule has 0 N–H and O–H groups in total. The number of benzene rings is 1. The van der Waals surface area contributed by atoms with Gasteiger partial charge >= 0.3 is 0 Å². The third-order valence-corrected chi connectivity index (χ3v) is 3.62. The highest BCUT2D eigenvalue weighted by molar-refractivity contribution is 7.10. The Kier molecular flexibility index (Phi) is 2.92. The molecule has 0 aliphatic heterocycles. The fourth-order valence-corrected chi connectivity index (χ4v) is 2.92. The highest BCUT2D eigenvalue weighted by Gasteiger charge is 2.12. The number of aryl methyl sites for hydroxylation is 1. The second kappa shape index (κ2) is 4.19. The summed E-state index contributed by atoms with van der Waals surface area (Å²) in [6.07, 6.45) is 0. The van der Waals surface area contributed by atoms with E-state index in [1.165, 1.54) is 21.6 Å². The summed E-state index contributed by atoms with van der Waals surface area (Å²) < 4.78 is 0. The summed E-state index contributed by atoms with van der Waals surface area (Å²) in [4.78, 5) is 1.42. The number of rotatable bonds is 2. The molecule has 0 atom stereocenters. The summed E-state index contributed by atoms with van der Waals surface area (Å²) in [6.45, 7) is 6.72. The molecule has 0 aliphatic rings. The maximum atomic E-state index is 2.29. The first-order valence-corrected chi connectivity index (χ1v) is 6.21. The van der Waals surface area contributed by atoms with E-state index in [1.54, 1.807) is 0 Å². The normalized spacial score (nSPS) is 10.9. The average molecular weight is 216 g/mol. The van der Waals surface area contributed by atoms with Crippen molar-refractivity contribution in [3.63, 3.8) is 0 Å². The molecule has 0 bridgehead atoms. The molecular weight excluding hydrogens is 200 g/mol. The predicted octanol–water partition coefficient (Wildman–Crippen LogP) is 4.85. The topological polar surface area (TPSA) is 0 Å². The van der Waals surface area contributed by atoms with Crippen LogP contribution in [0.25, 0.3) is 11.1 Å². The van der Waals surface area contributed by atoms with Crippen LogP contribution in [0.15, 0.2) is 35.7 Å². The van der Waals surface area contributed by atoms with Crippen molar-refractivity contribution in [2.24, 2.45) is 0 Å².